The maximum Gasteiger partial charge on any atom is 0.408 e. The highest BCUT2D eigenvalue weighted by atomic mass is 19.4. The standard InChI is InChI=1S/C22H20F3N7O2/c23-22(24,25)14-32-19-9-17(21(33)31-5-2-7-34-8-6-31)29-12-16(19)20(30-32)18-13-27-4-1-3-15(10-26)11-28-18/h1,3-4,9,11-13,28H,2,5-8,14H2. The van der Waals surface area contributed by atoms with Gasteiger partial charge in [0.15, 0.2) is 0 Å². The largest absolute Gasteiger partial charge is 0.408 e. The van der Waals surface area contributed by atoms with Crippen LogP contribution in [0, 0.1) is 11.3 Å². The fourth-order valence-corrected chi connectivity index (χ4v) is 3.54. The fourth-order valence-electron chi connectivity index (χ4n) is 3.54. The summed E-state index contributed by atoms with van der Waals surface area (Å²) in [4.78, 5) is 25.7. The number of aromatic nitrogens is 5. The highest BCUT2D eigenvalue weighted by molar-refractivity contribution is 5.98. The third-order valence-corrected chi connectivity index (χ3v) is 5.11. The van der Waals surface area contributed by atoms with E-state index in [0.717, 1.165) is 4.68 Å². The van der Waals surface area contributed by atoms with Gasteiger partial charge in [-0.1, -0.05) is 0 Å². The third kappa shape index (κ3) is 5.32. The second kappa shape index (κ2) is 9.88. The van der Waals surface area contributed by atoms with Crippen molar-refractivity contribution >= 4 is 16.8 Å². The summed E-state index contributed by atoms with van der Waals surface area (Å²) in [6.45, 7) is 0.428. The van der Waals surface area contributed by atoms with E-state index in [1.807, 2.05) is 6.07 Å². The number of hydrogen-bond donors (Lipinski definition) is 1. The van der Waals surface area contributed by atoms with E-state index in [9.17, 15) is 23.2 Å². The summed E-state index contributed by atoms with van der Waals surface area (Å²) in [5.41, 5.74) is 0.830. The first kappa shape index (κ1) is 23.2. The van der Waals surface area contributed by atoms with Gasteiger partial charge in [-0.05, 0) is 24.6 Å². The van der Waals surface area contributed by atoms with Crippen molar-refractivity contribution in [2.75, 3.05) is 26.3 Å². The average molecular weight is 471 g/mol. The number of aromatic amines is 1. The fraction of sp³-hybridized carbons (Fsp3) is 0.318. The summed E-state index contributed by atoms with van der Waals surface area (Å²) >= 11 is 0. The Kier molecular flexibility index (Phi) is 6.74. The van der Waals surface area contributed by atoms with Crippen molar-refractivity contribution in [2.45, 2.75) is 19.1 Å². The molecule has 0 spiro atoms. The van der Waals surface area contributed by atoms with Crippen LogP contribution in [0.1, 0.15) is 22.5 Å². The molecule has 34 heavy (non-hydrogen) atoms. The van der Waals surface area contributed by atoms with Crippen LogP contribution in [0.3, 0.4) is 0 Å². The maximum atomic E-state index is 13.3. The lowest BCUT2D eigenvalue weighted by Gasteiger charge is -2.19. The molecule has 9 nitrogen and oxygen atoms in total. The topological polar surface area (TPSA) is 113 Å². The van der Waals surface area contributed by atoms with Crippen LogP contribution in [0.25, 0.3) is 22.3 Å². The number of ether oxygens (including phenoxy) is 1. The average Bonchev–Trinajstić information content (AvgIpc) is 2.98. The molecule has 0 bridgehead atoms. The van der Waals surface area contributed by atoms with Gasteiger partial charge in [0.25, 0.3) is 5.91 Å². The summed E-state index contributed by atoms with van der Waals surface area (Å²) in [6.07, 6.45) is 1.68. The van der Waals surface area contributed by atoms with Gasteiger partial charge in [0.1, 0.15) is 24.0 Å². The number of hydrogen-bond acceptors (Lipinski definition) is 6. The predicted molar refractivity (Wildman–Crippen MR) is 115 cm³/mol. The van der Waals surface area contributed by atoms with E-state index in [1.165, 1.54) is 36.9 Å². The Balaban J connectivity index is 1.84. The Morgan fingerprint density at radius 3 is 2.91 bits per heavy atom. The van der Waals surface area contributed by atoms with Crippen molar-refractivity contribution in [1.29, 1.82) is 5.26 Å². The minimum atomic E-state index is -4.54. The van der Waals surface area contributed by atoms with E-state index in [4.69, 9.17) is 4.74 Å². The molecule has 12 heteroatoms. The van der Waals surface area contributed by atoms with Crippen molar-refractivity contribution in [1.82, 2.24) is 29.6 Å². The zero-order chi connectivity index (χ0) is 24.1. The smallest absolute Gasteiger partial charge is 0.380 e. The van der Waals surface area contributed by atoms with Gasteiger partial charge in [-0.3, -0.25) is 19.4 Å². The number of nitrogens with zero attached hydrogens (tertiary/aromatic N) is 6. The Labute approximate surface area is 192 Å². The zero-order valence-electron chi connectivity index (χ0n) is 17.9. The SMILES string of the molecule is N#Cc1cccncc(-c2nn(CC(F)(F)F)c3cc(C(=O)N4CCCOCC4)ncc23)[nH]c1. The van der Waals surface area contributed by atoms with Crippen LogP contribution >= 0.6 is 0 Å². The van der Waals surface area contributed by atoms with Crippen molar-refractivity contribution in [2.24, 2.45) is 0 Å². The molecule has 1 fully saturated rings. The molecule has 3 aromatic rings. The van der Waals surface area contributed by atoms with Crippen LogP contribution in [-0.4, -0.2) is 68.0 Å². The number of amides is 1. The van der Waals surface area contributed by atoms with Crippen molar-refractivity contribution in [3.05, 3.63) is 54.2 Å². The minimum absolute atomic E-state index is 0.0227. The first-order valence-corrected chi connectivity index (χ1v) is 10.4. The van der Waals surface area contributed by atoms with E-state index in [0.29, 0.717) is 38.1 Å². The van der Waals surface area contributed by atoms with E-state index in [2.05, 4.69) is 20.1 Å². The molecule has 0 saturated carbocycles. The zero-order valence-corrected chi connectivity index (χ0v) is 17.9. The lowest BCUT2D eigenvalue weighted by molar-refractivity contribution is -0.141. The number of alkyl halides is 3. The summed E-state index contributed by atoms with van der Waals surface area (Å²) in [7, 11) is 0. The van der Waals surface area contributed by atoms with Crippen LogP contribution in [0.15, 0.2) is 43.0 Å². The number of H-pyrrole nitrogens is 1. The number of nitriles is 1. The third-order valence-electron chi connectivity index (χ3n) is 5.11. The number of pyridine rings is 1. The van der Waals surface area contributed by atoms with Crippen molar-refractivity contribution in [3.63, 3.8) is 0 Å². The summed E-state index contributed by atoms with van der Waals surface area (Å²) in [5, 5.41) is 13.6. The molecule has 1 saturated heterocycles. The van der Waals surface area contributed by atoms with Gasteiger partial charge < -0.3 is 14.6 Å². The van der Waals surface area contributed by atoms with Gasteiger partial charge in [0, 0.05) is 43.7 Å². The lowest BCUT2D eigenvalue weighted by Crippen LogP contribution is -2.33. The molecule has 0 aliphatic carbocycles. The van der Waals surface area contributed by atoms with Gasteiger partial charge in [-0.15, -0.1) is 0 Å². The number of carbonyl (C=O) groups excluding carboxylic acids is 1. The van der Waals surface area contributed by atoms with E-state index < -0.39 is 12.7 Å². The van der Waals surface area contributed by atoms with Gasteiger partial charge >= 0.3 is 6.18 Å². The number of fused-ring (bicyclic) bond motifs is 1. The first-order valence-electron chi connectivity index (χ1n) is 10.4. The van der Waals surface area contributed by atoms with E-state index in [1.54, 1.807) is 11.0 Å². The molecule has 0 aromatic carbocycles. The second-order valence-corrected chi connectivity index (χ2v) is 7.52. The first-order chi connectivity index (χ1) is 16.4. The predicted octanol–water partition coefficient (Wildman–Crippen LogP) is 3.24. The highest BCUT2D eigenvalue weighted by Gasteiger charge is 2.31. The highest BCUT2D eigenvalue weighted by Crippen LogP contribution is 2.29. The molecule has 4 rings (SSSR count). The molecular formula is C22H20F3N7O2. The Hall–Kier alpha value is -3.98. The van der Waals surface area contributed by atoms with Crippen molar-refractivity contribution in [3.8, 4) is 17.5 Å². The molecule has 1 aliphatic rings. The number of halogens is 3. The van der Waals surface area contributed by atoms with E-state index in [-0.39, 0.29) is 34.1 Å². The normalized spacial score (nSPS) is 14.4. The van der Waals surface area contributed by atoms with Crippen molar-refractivity contribution < 1.29 is 22.7 Å². The molecular weight excluding hydrogens is 451 g/mol. The molecule has 3 aromatic heterocycles. The number of nitrogens with one attached hydrogen (secondary N) is 1. The summed E-state index contributed by atoms with van der Waals surface area (Å²) < 4.78 is 46.1. The minimum Gasteiger partial charge on any atom is -0.380 e. The van der Waals surface area contributed by atoms with Gasteiger partial charge in [0.2, 0.25) is 0 Å². The monoisotopic (exact) mass is 471 g/mol. The number of rotatable bonds is 3. The molecule has 0 atom stereocenters. The van der Waals surface area contributed by atoms with Gasteiger partial charge in [-0.2, -0.15) is 23.5 Å². The molecule has 1 aliphatic heterocycles. The number of carbonyl (C=O) groups is 1. The molecule has 1 amide bonds. The summed E-state index contributed by atoms with van der Waals surface area (Å²) in [5.74, 6) is -0.384. The molecule has 176 valence electrons. The molecule has 0 unspecified atom stereocenters. The molecule has 1 N–H and O–H groups in total. The van der Waals surface area contributed by atoms with E-state index >= 15 is 0 Å². The van der Waals surface area contributed by atoms with Crippen LogP contribution in [-0.2, 0) is 11.3 Å². The Bertz CT molecular complexity index is 1280. The van der Waals surface area contributed by atoms with Crippen LogP contribution in [0.5, 0.6) is 0 Å². The molecule has 0 radical (unpaired) electrons. The van der Waals surface area contributed by atoms with Crippen LogP contribution in [0.2, 0.25) is 0 Å². The quantitative estimate of drug-likeness (QED) is 0.628. The maximum absolute atomic E-state index is 13.3. The second-order valence-electron chi connectivity index (χ2n) is 7.52. The Morgan fingerprint density at radius 1 is 1.26 bits per heavy atom. The summed E-state index contributed by atoms with van der Waals surface area (Å²) in [6, 6.07) is 6.40. The Morgan fingerprint density at radius 2 is 2.12 bits per heavy atom. The lowest BCUT2D eigenvalue weighted by atomic mass is 10.2. The van der Waals surface area contributed by atoms with Gasteiger partial charge in [-0.25, -0.2) is 0 Å². The molecule has 4 heterocycles. The van der Waals surface area contributed by atoms with Crippen LogP contribution in [0.4, 0.5) is 13.2 Å². The van der Waals surface area contributed by atoms with Crippen LogP contribution < -0.4 is 0 Å². The van der Waals surface area contributed by atoms with Gasteiger partial charge in [0.05, 0.1) is 29.6 Å².